The molecule has 1 aliphatic heterocycles. The predicted molar refractivity (Wildman–Crippen MR) is 122 cm³/mol. The average Bonchev–Trinajstić information content (AvgIpc) is 2.74. The third-order valence-electron chi connectivity index (χ3n) is 5.05. The molecule has 8 nitrogen and oxygen atoms in total. The quantitative estimate of drug-likeness (QED) is 0.663. The van der Waals surface area contributed by atoms with Gasteiger partial charge < -0.3 is 9.64 Å². The summed E-state index contributed by atoms with van der Waals surface area (Å²) in [6.07, 6.45) is 2.64. The van der Waals surface area contributed by atoms with Crippen LogP contribution in [0.15, 0.2) is 59.7 Å². The van der Waals surface area contributed by atoms with Crippen LogP contribution in [0.2, 0.25) is 0 Å². The van der Waals surface area contributed by atoms with Gasteiger partial charge in [-0.1, -0.05) is 18.2 Å². The van der Waals surface area contributed by atoms with Gasteiger partial charge in [0.15, 0.2) is 0 Å². The third-order valence-corrected chi connectivity index (χ3v) is 6.29. The molecule has 1 aliphatic rings. The highest BCUT2D eigenvalue weighted by Gasteiger charge is 2.29. The fraction of sp³-hybridized carbons (Fsp3) is 0.364. The number of amides is 1. The van der Waals surface area contributed by atoms with E-state index in [9.17, 15) is 13.2 Å². The van der Waals surface area contributed by atoms with Gasteiger partial charge in [-0.05, 0) is 50.4 Å². The van der Waals surface area contributed by atoms with E-state index in [0.717, 1.165) is 42.2 Å². The Hall–Kier alpha value is -2.91. The van der Waals surface area contributed by atoms with Crippen LogP contribution in [-0.4, -0.2) is 57.4 Å². The molecule has 2 aromatic rings. The molecule has 0 radical (unpaired) electrons. The number of para-hydroxylation sites is 1. The first-order valence-electron chi connectivity index (χ1n) is 10.1. The number of sulfonamides is 1. The Morgan fingerprint density at radius 3 is 2.23 bits per heavy atom. The number of hydrazone groups is 1. The number of rotatable bonds is 7. The zero-order valence-electron chi connectivity index (χ0n) is 18.0. The van der Waals surface area contributed by atoms with Crippen LogP contribution >= 0.6 is 0 Å². The number of nitrogens with one attached hydrogen (secondary N) is 1. The Bertz CT molecular complexity index is 1010. The molecule has 0 spiro atoms. The second kappa shape index (κ2) is 9.93. The van der Waals surface area contributed by atoms with Crippen LogP contribution in [0.25, 0.3) is 0 Å². The Labute approximate surface area is 183 Å². The van der Waals surface area contributed by atoms with Crippen molar-refractivity contribution in [2.24, 2.45) is 5.10 Å². The van der Waals surface area contributed by atoms with E-state index in [0.29, 0.717) is 17.2 Å². The molecule has 0 aromatic heterocycles. The average molecular weight is 445 g/mol. The molecule has 2 aromatic carbocycles. The standard InChI is InChI=1S/C22H28N4O4S/c1-17(22(27)24-23-18-13-15-25(2)16-14-18)26(31(3,28)29)19-9-11-21(12-10-19)30-20-7-5-4-6-8-20/h4-12,17H,13-16H2,1-3H3,(H,24,27)/t17-/m1/s1. The number of benzene rings is 2. The molecule has 0 unspecified atom stereocenters. The molecule has 0 bridgehead atoms. The van der Waals surface area contributed by atoms with Crippen molar-refractivity contribution in [3.8, 4) is 11.5 Å². The zero-order valence-corrected chi connectivity index (χ0v) is 18.8. The first kappa shape index (κ1) is 22.8. The summed E-state index contributed by atoms with van der Waals surface area (Å²) in [6.45, 7) is 3.31. The van der Waals surface area contributed by atoms with E-state index in [1.54, 1.807) is 31.2 Å². The Morgan fingerprint density at radius 2 is 1.65 bits per heavy atom. The van der Waals surface area contributed by atoms with Crippen molar-refractivity contribution in [2.45, 2.75) is 25.8 Å². The SMILES string of the molecule is C[C@H](C(=O)NN=C1CCN(C)CC1)N(c1ccc(Oc2ccccc2)cc1)S(C)(=O)=O. The van der Waals surface area contributed by atoms with Gasteiger partial charge >= 0.3 is 0 Å². The van der Waals surface area contributed by atoms with E-state index >= 15 is 0 Å². The normalized spacial score (nSPS) is 15.8. The topological polar surface area (TPSA) is 91.3 Å². The molecule has 1 amide bonds. The fourth-order valence-electron chi connectivity index (χ4n) is 3.31. The molecular formula is C22H28N4O4S. The fourth-order valence-corrected chi connectivity index (χ4v) is 4.49. The minimum atomic E-state index is -3.71. The van der Waals surface area contributed by atoms with Gasteiger partial charge in [-0.15, -0.1) is 0 Å². The maximum atomic E-state index is 12.7. The second-order valence-electron chi connectivity index (χ2n) is 7.60. The van der Waals surface area contributed by atoms with Gasteiger partial charge in [0.25, 0.3) is 5.91 Å². The van der Waals surface area contributed by atoms with Crippen molar-refractivity contribution in [2.75, 3.05) is 30.7 Å². The van der Waals surface area contributed by atoms with Crippen LogP contribution in [-0.2, 0) is 14.8 Å². The van der Waals surface area contributed by atoms with Gasteiger partial charge in [0.2, 0.25) is 10.0 Å². The first-order valence-corrected chi connectivity index (χ1v) is 11.9. The molecule has 1 fully saturated rings. The van der Waals surface area contributed by atoms with Gasteiger partial charge in [0, 0.05) is 31.6 Å². The van der Waals surface area contributed by atoms with E-state index in [1.807, 2.05) is 37.4 Å². The lowest BCUT2D eigenvalue weighted by molar-refractivity contribution is -0.121. The van der Waals surface area contributed by atoms with Crippen molar-refractivity contribution in [3.05, 3.63) is 54.6 Å². The lowest BCUT2D eigenvalue weighted by Crippen LogP contribution is -2.47. The van der Waals surface area contributed by atoms with E-state index in [1.165, 1.54) is 0 Å². The van der Waals surface area contributed by atoms with E-state index in [4.69, 9.17) is 4.74 Å². The number of anilines is 1. The number of nitrogens with zero attached hydrogens (tertiary/aromatic N) is 3. The Balaban J connectivity index is 1.72. The van der Waals surface area contributed by atoms with E-state index in [2.05, 4.69) is 15.4 Å². The molecule has 0 aliphatic carbocycles. The van der Waals surface area contributed by atoms with Crippen molar-refractivity contribution in [3.63, 3.8) is 0 Å². The summed E-state index contributed by atoms with van der Waals surface area (Å²) < 4.78 is 31.8. The smallest absolute Gasteiger partial charge is 0.263 e. The van der Waals surface area contributed by atoms with Crippen LogP contribution in [0.1, 0.15) is 19.8 Å². The number of piperidine rings is 1. The minimum Gasteiger partial charge on any atom is -0.457 e. The van der Waals surface area contributed by atoms with Crippen LogP contribution in [0.5, 0.6) is 11.5 Å². The van der Waals surface area contributed by atoms with Gasteiger partial charge in [-0.2, -0.15) is 5.10 Å². The van der Waals surface area contributed by atoms with Gasteiger partial charge in [0.05, 0.1) is 11.9 Å². The van der Waals surface area contributed by atoms with Crippen molar-refractivity contribution in [1.29, 1.82) is 0 Å². The number of carbonyl (C=O) groups is 1. The number of carbonyl (C=O) groups excluding carboxylic acids is 1. The molecular weight excluding hydrogens is 416 g/mol. The lowest BCUT2D eigenvalue weighted by Gasteiger charge is -2.28. The molecule has 166 valence electrons. The molecule has 1 atom stereocenters. The predicted octanol–water partition coefficient (Wildman–Crippen LogP) is 2.83. The summed E-state index contributed by atoms with van der Waals surface area (Å²) in [5.74, 6) is 0.756. The van der Waals surface area contributed by atoms with Gasteiger partial charge in [0.1, 0.15) is 17.5 Å². The second-order valence-corrected chi connectivity index (χ2v) is 9.46. The zero-order chi connectivity index (χ0) is 22.4. The van der Waals surface area contributed by atoms with Crippen LogP contribution in [0, 0.1) is 0 Å². The molecule has 1 heterocycles. The minimum absolute atomic E-state index is 0.373. The summed E-state index contributed by atoms with van der Waals surface area (Å²) in [4.78, 5) is 14.9. The van der Waals surface area contributed by atoms with Crippen molar-refractivity contribution < 1.29 is 17.9 Å². The van der Waals surface area contributed by atoms with Crippen LogP contribution in [0.3, 0.4) is 0 Å². The van der Waals surface area contributed by atoms with E-state index in [-0.39, 0.29) is 0 Å². The Morgan fingerprint density at radius 1 is 1.06 bits per heavy atom. The maximum absolute atomic E-state index is 12.7. The van der Waals surface area contributed by atoms with Crippen LogP contribution in [0.4, 0.5) is 5.69 Å². The van der Waals surface area contributed by atoms with Crippen LogP contribution < -0.4 is 14.5 Å². The summed E-state index contributed by atoms with van der Waals surface area (Å²) in [5, 5.41) is 4.21. The third kappa shape index (κ3) is 6.28. The molecule has 1 N–H and O–H groups in total. The highest BCUT2D eigenvalue weighted by molar-refractivity contribution is 7.92. The van der Waals surface area contributed by atoms with E-state index < -0.39 is 22.0 Å². The van der Waals surface area contributed by atoms with Gasteiger partial charge in [-0.3, -0.25) is 9.10 Å². The highest BCUT2D eigenvalue weighted by Crippen LogP contribution is 2.26. The number of hydrogen-bond donors (Lipinski definition) is 1. The van der Waals surface area contributed by atoms with Gasteiger partial charge in [-0.25, -0.2) is 13.8 Å². The Kier molecular flexibility index (Phi) is 7.29. The highest BCUT2D eigenvalue weighted by atomic mass is 32.2. The lowest BCUT2D eigenvalue weighted by atomic mass is 10.1. The first-order chi connectivity index (χ1) is 14.7. The summed E-state index contributed by atoms with van der Waals surface area (Å²) in [5.41, 5.74) is 3.81. The van der Waals surface area contributed by atoms with Crippen molar-refractivity contribution >= 4 is 27.3 Å². The molecule has 0 saturated carbocycles. The molecule has 1 saturated heterocycles. The molecule has 9 heteroatoms. The monoisotopic (exact) mass is 444 g/mol. The van der Waals surface area contributed by atoms with Crippen molar-refractivity contribution in [1.82, 2.24) is 10.3 Å². The summed E-state index contributed by atoms with van der Waals surface area (Å²) >= 11 is 0. The number of ether oxygens (including phenoxy) is 1. The number of hydrogen-bond acceptors (Lipinski definition) is 6. The molecule has 31 heavy (non-hydrogen) atoms. The maximum Gasteiger partial charge on any atom is 0.263 e. The summed E-state index contributed by atoms with van der Waals surface area (Å²) in [6, 6.07) is 14.9. The largest absolute Gasteiger partial charge is 0.457 e. The summed E-state index contributed by atoms with van der Waals surface area (Å²) in [7, 11) is -1.67. The molecule has 3 rings (SSSR count). The number of likely N-dealkylation sites (tertiary alicyclic amines) is 1.